The number of rotatable bonds is 17. The topological polar surface area (TPSA) is 149 Å². The van der Waals surface area contributed by atoms with Gasteiger partial charge in [0.1, 0.15) is 5.69 Å². The van der Waals surface area contributed by atoms with Crippen molar-refractivity contribution in [2.45, 2.75) is 75.4 Å². The second-order valence-corrected chi connectivity index (χ2v) is 15.2. The molecule has 10 nitrogen and oxygen atoms in total. The molecule has 1 aromatic heterocycles. The van der Waals surface area contributed by atoms with Crippen LogP contribution in [0.25, 0.3) is 22.6 Å². The Bertz CT molecular complexity index is 2180. The van der Waals surface area contributed by atoms with E-state index in [2.05, 4.69) is 10.6 Å². The molecule has 1 aliphatic heterocycles. The molecule has 1 fully saturated rings. The lowest BCUT2D eigenvalue weighted by Crippen LogP contribution is -2.31. The van der Waals surface area contributed by atoms with Crippen molar-refractivity contribution in [1.29, 1.82) is 0 Å². The lowest BCUT2D eigenvalue weighted by atomic mass is 10.0. The number of benzene rings is 5. The number of nitrogens with one attached hydrogen (secondary N) is 2. The van der Waals surface area contributed by atoms with Gasteiger partial charge in [0.2, 0.25) is 11.8 Å². The molecule has 6 aromatic rings. The number of para-hydroxylation sites is 2. The summed E-state index contributed by atoms with van der Waals surface area (Å²) in [4.78, 5) is 29.8. The van der Waals surface area contributed by atoms with Gasteiger partial charge in [-0.05, 0) is 41.7 Å². The van der Waals surface area contributed by atoms with Crippen molar-refractivity contribution in [3.05, 3.63) is 156 Å². The third-order valence-corrected chi connectivity index (χ3v) is 10.9. The van der Waals surface area contributed by atoms with Crippen LogP contribution in [-0.2, 0) is 32.2 Å². The molecule has 1 saturated heterocycles. The number of hydrogen-bond donors (Lipinski definition) is 4. The quantitative estimate of drug-likeness (QED) is 0.0402. The van der Waals surface area contributed by atoms with Crippen LogP contribution in [0, 0.1) is 0 Å². The van der Waals surface area contributed by atoms with Crippen molar-refractivity contribution in [2.75, 3.05) is 16.8 Å². The molecule has 0 aliphatic carbocycles. The highest BCUT2D eigenvalue weighted by atomic mass is 32.2. The first-order valence-corrected chi connectivity index (χ1v) is 20.7. The number of nitrogens with two attached hydrogens (primary N) is 1. The molecular formula is C47H48N4O6S. The van der Waals surface area contributed by atoms with Crippen LogP contribution in [0.4, 0.5) is 11.4 Å². The average molecular weight is 797 g/mol. The van der Waals surface area contributed by atoms with Crippen molar-refractivity contribution in [3.63, 3.8) is 0 Å². The molecule has 0 radical (unpaired) electrons. The zero-order valence-electron chi connectivity index (χ0n) is 32.2. The second-order valence-electron chi connectivity index (χ2n) is 14.3. The molecule has 11 heteroatoms. The minimum atomic E-state index is -0.623. The van der Waals surface area contributed by atoms with E-state index in [0.29, 0.717) is 61.0 Å². The van der Waals surface area contributed by atoms with E-state index in [4.69, 9.17) is 24.6 Å². The molecule has 5 aromatic carbocycles. The summed E-state index contributed by atoms with van der Waals surface area (Å²) in [6.07, 6.45) is 2.51. The second kappa shape index (κ2) is 20.1. The van der Waals surface area contributed by atoms with Crippen LogP contribution in [0.15, 0.2) is 143 Å². The molecule has 5 N–H and O–H groups in total. The highest BCUT2D eigenvalue weighted by molar-refractivity contribution is 7.99. The van der Waals surface area contributed by atoms with Crippen molar-refractivity contribution in [2.24, 2.45) is 0 Å². The number of anilines is 2. The summed E-state index contributed by atoms with van der Waals surface area (Å²) in [5.41, 5.74) is 13.5. The molecular weight excluding hydrogens is 749 g/mol. The highest BCUT2D eigenvalue weighted by Crippen LogP contribution is 2.41. The van der Waals surface area contributed by atoms with Gasteiger partial charge < -0.3 is 35.4 Å². The predicted molar refractivity (Wildman–Crippen MR) is 227 cm³/mol. The van der Waals surface area contributed by atoms with E-state index >= 15 is 0 Å². The highest BCUT2D eigenvalue weighted by Gasteiger charge is 2.33. The molecule has 0 bridgehead atoms. The number of aliphatic hydroxyl groups excluding tert-OH is 1. The van der Waals surface area contributed by atoms with Gasteiger partial charge in [0.25, 0.3) is 5.22 Å². The third kappa shape index (κ3) is 11.0. The Kier molecular flexibility index (Phi) is 14.0. The Morgan fingerprint density at radius 2 is 1.36 bits per heavy atom. The van der Waals surface area contributed by atoms with Gasteiger partial charge in [-0.2, -0.15) is 0 Å². The lowest BCUT2D eigenvalue weighted by Gasteiger charge is -2.36. The summed E-state index contributed by atoms with van der Waals surface area (Å²) >= 11 is 1.52. The number of ether oxygens (including phenoxy) is 2. The first kappa shape index (κ1) is 40.5. The number of hydrogen-bond acceptors (Lipinski definition) is 9. The van der Waals surface area contributed by atoms with Crippen LogP contribution in [0.2, 0.25) is 0 Å². The molecule has 58 heavy (non-hydrogen) atoms. The Balaban J connectivity index is 0.942. The van der Waals surface area contributed by atoms with Gasteiger partial charge in [0.05, 0.1) is 30.2 Å². The number of nitrogens with zero attached hydrogens (tertiary/aromatic N) is 1. The van der Waals surface area contributed by atoms with Crippen LogP contribution in [-0.4, -0.2) is 33.8 Å². The number of carbonyl (C=O) groups is 2. The SMILES string of the molecule is Nc1ccccc1NC(=O)CCCCCC(=O)NCc1ccc([C@H]2O[C@@H](CSc3nc(-c4ccccc4)c(-c4ccccc4)o3)C[C@@H](c3ccc(CO)cc3)O2)cc1. The molecule has 7 rings (SSSR count). The minimum Gasteiger partial charge on any atom is -0.431 e. The fourth-order valence-corrected chi connectivity index (χ4v) is 7.62. The number of aromatic nitrogens is 1. The minimum absolute atomic E-state index is 0.0259. The Hall–Kier alpha value is -5.72. The molecule has 2 heterocycles. The van der Waals surface area contributed by atoms with E-state index < -0.39 is 6.29 Å². The number of amides is 2. The van der Waals surface area contributed by atoms with Crippen molar-refractivity contribution in [1.82, 2.24) is 10.3 Å². The standard InChI is InChI=1S/C47H48N4O6S/c48-39-16-10-11-17-40(39)50-43(54)19-9-3-8-18-42(53)49-29-32-20-26-37(27-21-32)46-55-38(28-41(56-46)34-24-22-33(30-52)23-25-34)31-58-47-51-44(35-12-4-1-5-13-35)45(57-47)36-14-6-2-7-15-36/h1-2,4-7,10-17,20-27,38,41,46,52H,3,8-9,18-19,28-31,48H2,(H,49,53)(H,50,54)/t38-,41+,46+/m1/s1. The van der Waals surface area contributed by atoms with Crippen LogP contribution >= 0.6 is 11.8 Å². The maximum atomic E-state index is 12.6. The summed E-state index contributed by atoms with van der Waals surface area (Å²) in [5, 5.41) is 16.0. The summed E-state index contributed by atoms with van der Waals surface area (Å²) in [5.74, 6) is 1.20. The molecule has 0 spiro atoms. The van der Waals surface area contributed by atoms with Gasteiger partial charge in [-0.25, -0.2) is 4.98 Å². The molecule has 0 saturated carbocycles. The number of nitrogen functional groups attached to an aromatic ring is 1. The Morgan fingerprint density at radius 3 is 2.07 bits per heavy atom. The van der Waals surface area contributed by atoms with E-state index in [9.17, 15) is 14.7 Å². The Labute approximate surface area is 343 Å². The van der Waals surface area contributed by atoms with E-state index in [0.717, 1.165) is 51.3 Å². The maximum absolute atomic E-state index is 12.6. The van der Waals surface area contributed by atoms with E-state index in [1.54, 1.807) is 12.1 Å². The fourth-order valence-electron chi connectivity index (χ4n) is 6.78. The van der Waals surface area contributed by atoms with E-state index in [-0.39, 0.29) is 30.6 Å². The summed E-state index contributed by atoms with van der Waals surface area (Å²) < 4.78 is 19.6. The largest absolute Gasteiger partial charge is 0.431 e. The number of thioether (sulfide) groups is 1. The summed E-state index contributed by atoms with van der Waals surface area (Å²) in [6.45, 7) is 0.374. The number of unbranched alkanes of at least 4 members (excludes halogenated alkanes) is 2. The van der Waals surface area contributed by atoms with Crippen LogP contribution in [0.1, 0.15) is 73.2 Å². The van der Waals surface area contributed by atoms with Gasteiger partial charge in [-0.3, -0.25) is 9.59 Å². The molecule has 2 amide bonds. The van der Waals surface area contributed by atoms with Crippen LogP contribution in [0.5, 0.6) is 0 Å². The van der Waals surface area contributed by atoms with Gasteiger partial charge >= 0.3 is 0 Å². The molecule has 1 aliphatic rings. The van der Waals surface area contributed by atoms with Crippen molar-refractivity contribution in [3.8, 4) is 22.6 Å². The molecule has 298 valence electrons. The van der Waals surface area contributed by atoms with Crippen molar-refractivity contribution >= 4 is 35.0 Å². The first-order chi connectivity index (χ1) is 28.4. The number of oxazole rings is 1. The number of aliphatic hydroxyl groups is 1. The van der Waals surface area contributed by atoms with Crippen LogP contribution < -0.4 is 16.4 Å². The fraction of sp³-hybridized carbons (Fsp3) is 0.255. The normalized spacial score (nSPS) is 16.5. The van der Waals surface area contributed by atoms with Gasteiger partial charge in [0.15, 0.2) is 12.1 Å². The van der Waals surface area contributed by atoms with E-state index in [1.807, 2.05) is 121 Å². The smallest absolute Gasteiger partial charge is 0.256 e. The van der Waals surface area contributed by atoms with Crippen LogP contribution in [0.3, 0.4) is 0 Å². The van der Waals surface area contributed by atoms with E-state index in [1.165, 1.54) is 11.8 Å². The predicted octanol–water partition coefficient (Wildman–Crippen LogP) is 9.63. The monoisotopic (exact) mass is 796 g/mol. The molecule has 3 atom stereocenters. The van der Waals surface area contributed by atoms with Gasteiger partial charge in [-0.1, -0.05) is 140 Å². The van der Waals surface area contributed by atoms with Gasteiger partial charge in [0, 0.05) is 48.3 Å². The van der Waals surface area contributed by atoms with Crippen molar-refractivity contribution < 1.29 is 28.6 Å². The lowest BCUT2D eigenvalue weighted by molar-refractivity contribution is -0.245. The number of carbonyl (C=O) groups excluding carboxylic acids is 2. The maximum Gasteiger partial charge on any atom is 0.256 e. The zero-order chi connectivity index (χ0) is 40.1. The summed E-state index contributed by atoms with van der Waals surface area (Å²) in [6, 6.07) is 43.0. The summed E-state index contributed by atoms with van der Waals surface area (Å²) in [7, 11) is 0. The Morgan fingerprint density at radius 1 is 0.724 bits per heavy atom. The first-order valence-electron chi connectivity index (χ1n) is 19.7. The third-order valence-electron chi connectivity index (χ3n) is 9.98. The molecule has 0 unspecified atom stereocenters. The average Bonchev–Trinajstić information content (AvgIpc) is 3.71. The van der Waals surface area contributed by atoms with Gasteiger partial charge in [-0.15, -0.1) is 0 Å². The zero-order valence-corrected chi connectivity index (χ0v) is 33.0.